The van der Waals surface area contributed by atoms with Crippen molar-refractivity contribution in [3.8, 4) is 0 Å². The second-order valence-corrected chi connectivity index (χ2v) is 5.97. The van der Waals surface area contributed by atoms with Crippen molar-refractivity contribution >= 4 is 27.7 Å². The van der Waals surface area contributed by atoms with E-state index in [0.29, 0.717) is 17.3 Å². The standard InChI is InChI=1S/C19H17N5O2/c1-2-11-23-19(26)14-8-4-3-7-13(14)17(21-23)18(25)22-24-12-20-15-9-5-6-10-16(15)24/h3-10,12H,2,11H2,1H3,(H,22,25). The molecule has 0 aliphatic heterocycles. The Balaban J connectivity index is 1.81. The number of benzene rings is 2. The zero-order valence-corrected chi connectivity index (χ0v) is 14.2. The average Bonchev–Trinajstić information content (AvgIpc) is 3.07. The molecular formula is C19H17N5O2. The van der Waals surface area contributed by atoms with Crippen LogP contribution in [0.3, 0.4) is 0 Å². The Morgan fingerprint density at radius 2 is 1.81 bits per heavy atom. The molecule has 0 aliphatic carbocycles. The number of hydrogen-bond donors (Lipinski definition) is 1. The number of para-hydroxylation sites is 2. The molecule has 0 atom stereocenters. The zero-order valence-electron chi connectivity index (χ0n) is 14.2. The van der Waals surface area contributed by atoms with Crippen molar-refractivity contribution < 1.29 is 4.79 Å². The number of amides is 1. The highest BCUT2D eigenvalue weighted by Gasteiger charge is 2.17. The normalized spacial score (nSPS) is 11.1. The highest BCUT2D eigenvalue weighted by atomic mass is 16.2. The molecule has 0 fully saturated rings. The van der Waals surface area contributed by atoms with Crippen molar-refractivity contribution in [1.82, 2.24) is 19.4 Å². The van der Waals surface area contributed by atoms with Gasteiger partial charge in [-0.05, 0) is 24.6 Å². The number of hydrogen-bond acceptors (Lipinski definition) is 4. The first-order chi connectivity index (χ1) is 12.7. The Labute approximate surface area is 148 Å². The predicted octanol–water partition coefficient (Wildman–Crippen LogP) is 2.54. The van der Waals surface area contributed by atoms with Gasteiger partial charge in [0.05, 0.1) is 16.4 Å². The van der Waals surface area contributed by atoms with Gasteiger partial charge in [0.2, 0.25) is 0 Å². The van der Waals surface area contributed by atoms with Crippen molar-refractivity contribution in [2.24, 2.45) is 0 Å². The topological polar surface area (TPSA) is 81.8 Å². The predicted molar refractivity (Wildman–Crippen MR) is 99.7 cm³/mol. The number of carbonyl (C=O) groups is 1. The maximum atomic E-state index is 12.9. The summed E-state index contributed by atoms with van der Waals surface area (Å²) in [5.74, 6) is -0.394. The molecule has 26 heavy (non-hydrogen) atoms. The average molecular weight is 347 g/mol. The van der Waals surface area contributed by atoms with Crippen LogP contribution in [-0.4, -0.2) is 25.3 Å². The van der Waals surface area contributed by atoms with Crippen molar-refractivity contribution in [1.29, 1.82) is 0 Å². The monoisotopic (exact) mass is 347 g/mol. The Bertz CT molecular complexity index is 1180. The summed E-state index contributed by atoms with van der Waals surface area (Å²) in [6, 6.07) is 14.5. The van der Waals surface area contributed by atoms with E-state index in [1.54, 1.807) is 35.3 Å². The lowest BCUT2D eigenvalue weighted by atomic mass is 10.1. The van der Waals surface area contributed by atoms with E-state index in [-0.39, 0.29) is 11.3 Å². The van der Waals surface area contributed by atoms with Gasteiger partial charge in [0.25, 0.3) is 11.5 Å². The van der Waals surface area contributed by atoms with Gasteiger partial charge in [-0.25, -0.2) is 14.3 Å². The molecule has 0 unspecified atom stereocenters. The first-order valence-electron chi connectivity index (χ1n) is 8.42. The third-order valence-electron chi connectivity index (χ3n) is 4.19. The van der Waals surface area contributed by atoms with Crippen LogP contribution in [0.1, 0.15) is 23.8 Å². The van der Waals surface area contributed by atoms with Gasteiger partial charge in [0, 0.05) is 11.9 Å². The molecule has 0 radical (unpaired) electrons. The van der Waals surface area contributed by atoms with E-state index in [1.807, 2.05) is 31.2 Å². The van der Waals surface area contributed by atoms with Crippen LogP contribution in [0.15, 0.2) is 59.7 Å². The molecule has 0 saturated heterocycles. The quantitative estimate of drug-likeness (QED) is 0.615. The first-order valence-corrected chi connectivity index (χ1v) is 8.42. The fourth-order valence-corrected chi connectivity index (χ4v) is 2.98. The van der Waals surface area contributed by atoms with E-state index in [2.05, 4.69) is 15.5 Å². The molecule has 7 heteroatoms. The van der Waals surface area contributed by atoms with Crippen LogP contribution < -0.4 is 11.0 Å². The van der Waals surface area contributed by atoms with Gasteiger partial charge in [-0.1, -0.05) is 37.3 Å². The number of imidazole rings is 1. The summed E-state index contributed by atoms with van der Waals surface area (Å²) in [6.07, 6.45) is 2.30. The Hall–Kier alpha value is -3.48. The molecule has 1 N–H and O–H groups in total. The number of nitrogens with one attached hydrogen (secondary N) is 1. The number of carbonyl (C=O) groups excluding carboxylic acids is 1. The third kappa shape index (κ3) is 2.63. The molecule has 0 aliphatic rings. The van der Waals surface area contributed by atoms with Crippen LogP contribution >= 0.6 is 0 Å². The third-order valence-corrected chi connectivity index (χ3v) is 4.19. The lowest BCUT2D eigenvalue weighted by Crippen LogP contribution is -2.30. The highest BCUT2D eigenvalue weighted by Crippen LogP contribution is 2.15. The minimum Gasteiger partial charge on any atom is -0.267 e. The van der Waals surface area contributed by atoms with Gasteiger partial charge in [0.15, 0.2) is 5.69 Å². The van der Waals surface area contributed by atoms with Crippen LogP contribution in [0.25, 0.3) is 21.8 Å². The van der Waals surface area contributed by atoms with E-state index < -0.39 is 5.91 Å². The summed E-state index contributed by atoms with van der Waals surface area (Å²) >= 11 is 0. The van der Waals surface area contributed by atoms with Crippen molar-refractivity contribution in [3.63, 3.8) is 0 Å². The molecule has 0 spiro atoms. The second kappa shape index (κ2) is 6.44. The van der Waals surface area contributed by atoms with Crippen LogP contribution in [0.4, 0.5) is 0 Å². The van der Waals surface area contributed by atoms with Gasteiger partial charge in [-0.3, -0.25) is 15.0 Å². The van der Waals surface area contributed by atoms with E-state index in [4.69, 9.17) is 0 Å². The molecule has 130 valence electrons. The summed E-state index contributed by atoms with van der Waals surface area (Å²) < 4.78 is 2.91. The van der Waals surface area contributed by atoms with E-state index in [9.17, 15) is 9.59 Å². The molecule has 4 aromatic rings. The molecule has 2 aromatic carbocycles. The van der Waals surface area contributed by atoms with Gasteiger partial charge in [0.1, 0.15) is 6.33 Å². The molecule has 2 heterocycles. The van der Waals surface area contributed by atoms with Crippen molar-refractivity contribution in [3.05, 3.63) is 70.9 Å². The van der Waals surface area contributed by atoms with Crippen LogP contribution in [-0.2, 0) is 6.54 Å². The summed E-state index contributed by atoms with van der Waals surface area (Å²) in [4.78, 5) is 29.7. The zero-order chi connectivity index (χ0) is 18.1. The summed E-state index contributed by atoms with van der Waals surface area (Å²) in [7, 11) is 0. The van der Waals surface area contributed by atoms with E-state index >= 15 is 0 Å². The lowest BCUT2D eigenvalue weighted by Gasteiger charge is -2.11. The molecule has 4 rings (SSSR count). The van der Waals surface area contributed by atoms with E-state index in [1.165, 1.54) is 4.68 Å². The fourth-order valence-electron chi connectivity index (χ4n) is 2.98. The van der Waals surface area contributed by atoms with E-state index in [0.717, 1.165) is 17.5 Å². The van der Waals surface area contributed by atoms with Crippen LogP contribution in [0.5, 0.6) is 0 Å². The number of rotatable bonds is 4. The van der Waals surface area contributed by atoms with Crippen LogP contribution in [0.2, 0.25) is 0 Å². The molecule has 1 amide bonds. The first kappa shape index (κ1) is 16.0. The van der Waals surface area contributed by atoms with Gasteiger partial charge in [-0.15, -0.1) is 0 Å². The Morgan fingerprint density at radius 3 is 2.62 bits per heavy atom. The highest BCUT2D eigenvalue weighted by molar-refractivity contribution is 6.08. The molecule has 0 saturated carbocycles. The minimum atomic E-state index is -0.394. The maximum absolute atomic E-state index is 12.9. The molecule has 2 aromatic heterocycles. The summed E-state index contributed by atoms with van der Waals surface area (Å²) in [5.41, 5.74) is 4.39. The van der Waals surface area contributed by atoms with Crippen molar-refractivity contribution in [2.45, 2.75) is 19.9 Å². The number of aryl methyl sites for hydroxylation is 1. The maximum Gasteiger partial charge on any atom is 0.291 e. The minimum absolute atomic E-state index is 0.188. The smallest absolute Gasteiger partial charge is 0.267 e. The largest absolute Gasteiger partial charge is 0.291 e. The fraction of sp³-hybridized carbons (Fsp3) is 0.158. The SMILES string of the molecule is CCCn1nc(C(=O)Nn2cnc3ccccc32)c2ccccc2c1=O. The van der Waals surface area contributed by atoms with Gasteiger partial charge < -0.3 is 0 Å². The van der Waals surface area contributed by atoms with Gasteiger partial charge >= 0.3 is 0 Å². The number of aromatic nitrogens is 4. The van der Waals surface area contributed by atoms with Crippen LogP contribution in [0, 0.1) is 0 Å². The second-order valence-electron chi connectivity index (χ2n) is 5.97. The Morgan fingerprint density at radius 1 is 1.08 bits per heavy atom. The molecule has 7 nitrogen and oxygen atoms in total. The summed E-state index contributed by atoms with van der Waals surface area (Å²) in [5, 5.41) is 5.33. The molecular weight excluding hydrogens is 330 g/mol. The Kier molecular flexibility index (Phi) is 3.96. The summed E-state index contributed by atoms with van der Waals surface area (Å²) in [6.45, 7) is 2.42. The number of fused-ring (bicyclic) bond motifs is 2. The lowest BCUT2D eigenvalue weighted by molar-refractivity contribution is 0.100. The molecule has 0 bridgehead atoms. The van der Waals surface area contributed by atoms with Crippen molar-refractivity contribution in [2.75, 3.05) is 5.43 Å². The van der Waals surface area contributed by atoms with Gasteiger partial charge in [-0.2, -0.15) is 5.10 Å². The number of nitrogens with zero attached hydrogens (tertiary/aromatic N) is 4.